The molecule has 88 valence electrons. The van der Waals surface area contributed by atoms with Gasteiger partial charge in [0.05, 0.1) is 0 Å². The van der Waals surface area contributed by atoms with Crippen molar-refractivity contribution in [3.63, 3.8) is 0 Å². The van der Waals surface area contributed by atoms with Crippen molar-refractivity contribution in [3.8, 4) is 5.75 Å². The largest absolute Gasteiger partial charge is 0.508 e. The summed E-state index contributed by atoms with van der Waals surface area (Å²) in [7, 11) is 0. The SMILES string of the molecule is Cc1cc(Cl)nc(NCc2ccccc2O)c1. The fraction of sp³-hybridized carbons (Fsp3) is 0.154. The number of hydrogen-bond acceptors (Lipinski definition) is 3. The number of aryl methyl sites for hydroxylation is 1. The van der Waals surface area contributed by atoms with E-state index in [-0.39, 0.29) is 5.75 Å². The third-order valence-corrected chi connectivity index (χ3v) is 2.58. The number of phenolic OH excluding ortho intramolecular Hbond substituents is 1. The first-order valence-corrected chi connectivity index (χ1v) is 5.68. The van der Waals surface area contributed by atoms with Gasteiger partial charge >= 0.3 is 0 Å². The number of halogens is 1. The molecule has 0 aliphatic rings. The van der Waals surface area contributed by atoms with Crippen LogP contribution in [-0.2, 0) is 6.54 Å². The number of nitrogens with zero attached hydrogens (tertiary/aromatic N) is 1. The Morgan fingerprint density at radius 3 is 2.76 bits per heavy atom. The number of phenols is 1. The summed E-state index contributed by atoms with van der Waals surface area (Å²) in [6.45, 7) is 2.47. The normalized spacial score (nSPS) is 10.2. The molecule has 0 unspecified atom stereocenters. The molecule has 4 heteroatoms. The third-order valence-electron chi connectivity index (χ3n) is 2.39. The van der Waals surface area contributed by atoms with Crippen LogP contribution in [0.2, 0.25) is 5.15 Å². The van der Waals surface area contributed by atoms with Crippen molar-refractivity contribution < 1.29 is 5.11 Å². The summed E-state index contributed by atoms with van der Waals surface area (Å²) in [4.78, 5) is 4.15. The summed E-state index contributed by atoms with van der Waals surface area (Å²) in [5, 5.41) is 13.2. The van der Waals surface area contributed by atoms with Crippen LogP contribution in [0, 0.1) is 6.92 Å². The van der Waals surface area contributed by atoms with Gasteiger partial charge in [-0.3, -0.25) is 0 Å². The molecule has 1 aromatic heterocycles. The Hall–Kier alpha value is -1.74. The quantitative estimate of drug-likeness (QED) is 0.819. The Kier molecular flexibility index (Phi) is 3.49. The van der Waals surface area contributed by atoms with E-state index in [4.69, 9.17) is 11.6 Å². The molecule has 2 N–H and O–H groups in total. The number of nitrogens with one attached hydrogen (secondary N) is 1. The van der Waals surface area contributed by atoms with Gasteiger partial charge in [0.1, 0.15) is 16.7 Å². The average Bonchev–Trinajstić information content (AvgIpc) is 2.27. The van der Waals surface area contributed by atoms with E-state index >= 15 is 0 Å². The lowest BCUT2D eigenvalue weighted by atomic mass is 10.2. The highest BCUT2D eigenvalue weighted by Crippen LogP contribution is 2.18. The van der Waals surface area contributed by atoms with Crippen LogP contribution in [0.25, 0.3) is 0 Å². The molecule has 3 nitrogen and oxygen atoms in total. The van der Waals surface area contributed by atoms with E-state index in [1.165, 1.54) is 0 Å². The fourth-order valence-electron chi connectivity index (χ4n) is 1.56. The first-order valence-electron chi connectivity index (χ1n) is 5.30. The monoisotopic (exact) mass is 248 g/mol. The van der Waals surface area contributed by atoms with Gasteiger partial charge in [0.25, 0.3) is 0 Å². The van der Waals surface area contributed by atoms with Crippen LogP contribution in [0.3, 0.4) is 0 Å². The van der Waals surface area contributed by atoms with Gasteiger partial charge in [-0.25, -0.2) is 4.98 Å². The van der Waals surface area contributed by atoms with Crippen LogP contribution in [-0.4, -0.2) is 10.1 Å². The number of pyridine rings is 1. The van der Waals surface area contributed by atoms with Crippen molar-refractivity contribution in [1.29, 1.82) is 0 Å². The zero-order chi connectivity index (χ0) is 12.3. The summed E-state index contributed by atoms with van der Waals surface area (Å²) < 4.78 is 0. The number of aromatic nitrogens is 1. The lowest BCUT2D eigenvalue weighted by Gasteiger charge is -2.08. The molecule has 0 bridgehead atoms. The van der Waals surface area contributed by atoms with Crippen molar-refractivity contribution >= 4 is 17.4 Å². The average molecular weight is 249 g/mol. The molecule has 0 aliphatic carbocycles. The molecule has 0 aliphatic heterocycles. The zero-order valence-electron chi connectivity index (χ0n) is 9.44. The zero-order valence-corrected chi connectivity index (χ0v) is 10.2. The third kappa shape index (κ3) is 3.11. The lowest BCUT2D eigenvalue weighted by molar-refractivity contribution is 0.469. The highest BCUT2D eigenvalue weighted by molar-refractivity contribution is 6.29. The minimum Gasteiger partial charge on any atom is -0.508 e. The molecule has 2 aromatic rings. The molecule has 0 amide bonds. The van der Waals surface area contributed by atoms with Crippen LogP contribution in [0.5, 0.6) is 5.75 Å². The van der Waals surface area contributed by atoms with Gasteiger partial charge in [0, 0.05) is 12.1 Å². The molecular weight excluding hydrogens is 236 g/mol. The van der Waals surface area contributed by atoms with E-state index in [0.717, 1.165) is 11.1 Å². The van der Waals surface area contributed by atoms with Crippen molar-refractivity contribution in [2.24, 2.45) is 0 Å². The summed E-state index contributed by atoms with van der Waals surface area (Å²) in [6, 6.07) is 10.9. The number of para-hydroxylation sites is 1. The van der Waals surface area contributed by atoms with Gasteiger partial charge < -0.3 is 10.4 Å². The molecule has 2 rings (SSSR count). The van der Waals surface area contributed by atoms with Crippen LogP contribution in [0.1, 0.15) is 11.1 Å². The number of anilines is 1. The smallest absolute Gasteiger partial charge is 0.131 e. The van der Waals surface area contributed by atoms with E-state index in [9.17, 15) is 5.11 Å². The molecule has 0 saturated heterocycles. The number of aromatic hydroxyl groups is 1. The molecule has 0 fully saturated rings. The molecule has 0 saturated carbocycles. The minimum absolute atomic E-state index is 0.277. The van der Waals surface area contributed by atoms with Crippen molar-refractivity contribution in [2.75, 3.05) is 5.32 Å². The van der Waals surface area contributed by atoms with E-state index in [1.54, 1.807) is 18.2 Å². The maximum absolute atomic E-state index is 9.61. The molecule has 0 radical (unpaired) electrons. The standard InChI is InChI=1S/C13H13ClN2O/c1-9-6-12(14)16-13(7-9)15-8-10-4-2-3-5-11(10)17/h2-7,17H,8H2,1H3,(H,15,16). The van der Waals surface area contributed by atoms with E-state index in [1.807, 2.05) is 25.1 Å². The molecule has 0 atom stereocenters. The summed E-state index contributed by atoms with van der Waals surface area (Å²) >= 11 is 5.86. The van der Waals surface area contributed by atoms with Gasteiger partial charge in [0.15, 0.2) is 0 Å². The highest BCUT2D eigenvalue weighted by Gasteiger charge is 2.01. The van der Waals surface area contributed by atoms with E-state index < -0.39 is 0 Å². The first kappa shape index (κ1) is 11.7. The second kappa shape index (κ2) is 5.06. The molecule has 1 heterocycles. The van der Waals surface area contributed by atoms with Crippen LogP contribution < -0.4 is 5.32 Å². The molecule has 1 aromatic carbocycles. The maximum Gasteiger partial charge on any atom is 0.131 e. The summed E-state index contributed by atoms with van der Waals surface area (Å²) in [6.07, 6.45) is 0. The Morgan fingerprint density at radius 2 is 2.06 bits per heavy atom. The minimum atomic E-state index is 0.277. The van der Waals surface area contributed by atoms with Gasteiger partial charge in [-0.05, 0) is 30.7 Å². The Bertz CT molecular complexity index is 508. The van der Waals surface area contributed by atoms with Crippen LogP contribution >= 0.6 is 11.6 Å². The molecule has 17 heavy (non-hydrogen) atoms. The van der Waals surface area contributed by atoms with Gasteiger partial charge in [-0.15, -0.1) is 0 Å². The fourth-order valence-corrected chi connectivity index (χ4v) is 1.82. The van der Waals surface area contributed by atoms with Gasteiger partial charge in [-0.2, -0.15) is 0 Å². The second-order valence-corrected chi connectivity index (χ2v) is 4.22. The van der Waals surface area contributed by atoms with Crippen molar-refractivity contribution in [2.45, 2.75) is 13.5 Å². The summed E-state index contributed by atoms with van der Waals surface area (Å²) in [5.74, 6) is 0.983. The maximum atomic E-state index is 9.61. The Morgan fingerprint density at radius 1 is 1.29 bits per heavy atom. The Labute approximate surface area is 105 Å². The molecule has 0 spiro atoms. The first-order chi connectivity index (χ1) is 8.15. The number of hydrogen-bond donors (Lipinski definition) is 2. The van der Waals surface area contributed by atoms with Crippen molar-refractivity contribution in [3.05, 3.63) is 52.7 Å². The number of rotatable bonds is 3. The van der Waals surface area contributed by atoms with E-state index in [0.29, 0.717) is 17.5 Å². The predicted octanol–water partition coefficient (Wildman–Crippen LogP) is 3.36. The van der Waals surface area contributed by atoms with E-state index in [2.05, 4.69) is 10.3 Å². The predicted molar refractivity (Wildman–Crippen MR) is 69.4 cm³/mol. The van der Waals surface area contributed by atoms with Crippen LogP contribution in [0.4, 0.5) is 5.82 Å². The topological polar surface area (TPSA) is 45.2 Å². The lowest BCUT2D eigenvalue weighted by Crippen LogP contribution is -2.01. The van der Waals surface area contributed by atoms with Crippen molar-refractivity contribution in [1.82, 2.24) is 4.98 Å². The summed E-state index contributed by atoms with van der Waals surface area (Å²) in [5.41, 5.74) is 1.87. The van der Waals surface area contributed by atoms with Gasteiger partial charge in [-0.1, -0.05) is 29.8 Å². The molecular formula is C13H13ClN2O. The Balaban J connectivity index is 2.10. The highest BCUT2D eigenvalue weighted by atomic mass is 35.5. The second-order valence-electron chi connectivity index (χ2n) is 3.83. The number of benzene rings is 1. The van der Waals surface area contributed by atoms with Gasteiger partial charge in [0.2, 0.25) is 0 Å². The van der Waals surface area contributed by atoms with Crippen LogP contribution in [0.15, 0.2) is 36.4 Å².